The molecule has 0 aliphatic carbocycles. The average Bonchev–Trinajstić information content (AvgIpc) is 2.53. The van der Waals surface area contributed by atoms with Crippen molar-refractivity contribution < 1.29 is 4.74 Å². The van der Waals surface area contributed by atoms with Gasteiger partial charge in [-0.3, -0.25) is 0 Å². The molecule has 3 heteroatoms. The van der Waals surface area contributed by atoms with Crippen LogP contribution in [-0.2, 0) is 6.54 Å². The Hall–Kier alpha value is -1.45. The van der Waals surface area contributed by atoms with E-state index < -0.39 is 0 Å². The number of ether oxygens (including phenoxy) is 1. The minimum Gasteiger partial charge on any atom is -0.496 e. The third-order valence-electron chi connectivity index (χ3n) is 3.97. The molecule has 0 bridgehead atoms. The van der Waals surface area contributed by atoms with E-state index in [1.165, 1.54) is 33.8 Å². The van der Waals surface area contributed by atoms with Gasteiger partial charge in [0.05, 0.1) is 7.11 Å². The quantitative estimate of drug-likeness (QED) is 0.908. The van der Waals surface area contributed by atoms with E-state index in [1.54, 1.807) is 7.11 Å². The zero-order chi connectivity index (χ0) is 14.7. The molecular formula is C18H21NOS. The molecule has 0 radical (unpaired) electrons. The SMILES string of the molecule is COc1ccc(CNC2CCSc3ccccc32)cc1C. The van der Waals surface area contributed by atoms with Gasteiger partial charge < -0.3 is 10.1 Å². The zero-order valence-electron chi connectivity index (χ0n) is 12.6. The summed E-state index contributed by atoms with van der Waals surface area (Å²) in [6, 6.07) is 15.6. The first kappa shape index (κ1) is 14.5. The molecule has 1 N–H and O–H groups in total. The third kappa shape index (κ3) is 3.25. The van der Waals surface area contributed by atoms with Crippen molar-refractivity contribution in [3.63, 3.8) is 0 Å². The molecule has 0 saturated carbocycles. The van der Waals surface area contributed by atoms with E-state index in [0.717, 1.165) is 12.3 Å². The average molecular weight is 299 g/mol. The number of thioether (sulfide) groups is 1. The lowest BCUT2D eigenvalue weighted by molar-refractivity contribution is 0.411. The summed E-state index contributed by atoms with van der Waals surface area (Å²) < 4.78 is 5.32. The Bertz CT molecular complexity index is 626. The van der Waals surface area contributed by atoms with Crippen molar-refractivity contribution in [2.24, 2.45) is 0 Å². The van der Waals surface area contributed by atoms with Gasteiger partial charge in [0.1, 0.15) is 5.75 Å². The van der Waals surface area contributed by atoms with Crippen molar-refractivity contribution in [1.82, 2.24) is 5.32 Å². The summed E-state index contributed by atoms with van der Waals surface area (Å²) in [6.45, 7) is 2.99. The molecule has 1 atom stereocenters. The van der Waals surface area contributed by atoms with Crippen LogP contribution in [0.3, 0.4) is 0 Å². The second kappa shape index (κ2) is 6.54. The van der Waals surface area contributed by atoms with Crippen LogP contribution in [0.4, 0.5) is 0 Å². The third-order valence-corrected chi connectivity index (χ3v) is 5.09. The van der Waals surface area contributed by atoms with Gasteiger partial charge in [0, 0.05) is 17.5 Å². The predicted octanol–water partition coefficient (Wildman–Crippen LogP) is 4.33. The lowest BCUT2D eigenvalue weighted by Gasteiger charge is -2.26. The molecule has 21 heavy (non-hydrogen) atoms. The normalized spacial score (nSPS) is 17.3. The fourth-order valence-electron chi connectivity index (χ4n) is 2.85. The second-order valence-corrected chi connectivity index (χ2v) is 6.55. The van der Waals surface area contributed by atoms with Crippen LogP contribution in [0.25, 0.3) is 0 Å². The van der Waals surface area contributed by atoms with E-state index in [9.17, 15) is 0 Å². The summed E-state index contributed by atoms with van der Waals surface area (Å²) in [5.41, 5.74) is 3.94. The van der Waals surface area contributed by atoms with Crippen LogP contribution in [0.1, 0.15) is 29.2 Å². The second-order valence-electron chi connectivity index (χ2n) is 5.41. The van der Waals surface area contributed by atoms with Crippen LogP contribution in [0.15, 0.2) is 47.4 Å². The van der Waals surface area contributed by atoms with Gasteiger partial charge in [0.25, 0.3) is 0 Å². The first-order valence-electron chi connectivity index (χ1n) is 7.36. The van der Waals surface area contributed by atoms with Gasteiger partial charge in [-0.15, -0.1) is 11.8 Å². The molecular weight excluding hydrogens is 278 g/mol. The fraction of sp³-hybridized carbons (Fsp3) is 0.333. The fourth-order valence-corrected chi connectivity index (χ4v) is 3.97. The number of aryl methyl sites for hydroxylation is 1. The molecule has 1 aliphatic heterocycles. The summed E-state index contributed by atoms with van der Waals surface area (Å²) in [4.78, 5) is 1.42. The number of fused-ring (bicyclic) bond motifs is 1. The van der Waals surface area contributed by atoms with Crippen LogP contribution < -0.4 is 10.1 Å². The van der Waals surface area contributed by atoms with Crippen molar-refractivity contribution in [2.45, 2.75) is 30.8 Å². The molecule has 0 fully saturated rings. The maximum Gasteiger partial charge on any atom is 0.121 e. The minimum absolute atomic E-state index is 0.463. The lowest BCUT2D eigenvalue weighted by atomic mass is 10.0. The van der Waals surface area contributed by atoms with Crippen molar-refractivity contribution in [3.05, 3.63) is 59.2 Å². The predicted molar refractivity (Wildman–Crippen MR) is 89.1 cm³/mol. The van der Waals surface area contributed by atoms with Crippen molar-refractivity contribution in [2.75, 3.05) is 12.9 Å². The van der Waals surface area contributed by atoms with Gasteiger partial charge in [0.15, 0.2) is 0 Å². The van der Waals surface area contributed by atoms with Gasteiger partial charge in [-0.05, 0) is 47.9 Å². The molecule has 1 unspecified atom stereocenters. The topological polar surface area (TPSA) is 21.3 Å². The molecule has 3 rings (SSSR count). The van der Waals surface area contributed by atoms with Crippen molar-refractivity contribution in [1.29, 1.82) is 0 Å². The number of nitrogens with one attached hydrogen (secondary N) is 1. The van der Waals surface area contributed by atoms with E-state index in [-0.39, 0.29) is 0 Å². The van der Waals surface area contributed by atoms with Crippen LogP contribution in [-0.4, -0.2) is 12.9 Å². The number of rotatable bonds is 4. The number of methoxy groups -OCH3 is 1. The highest BCUT2D eigenvalue weighted by molar-refractivity contribution is 7.99. The Morgan fingerprint density at radius 1 is 1.24 bits per heavy atom. The van der Waals surface area contributed by atoms with Crippen LogP contribution >= 0.6 is 11.8 Å². The minimum atomic E-state index is 0.463. The molecule has 0 saturated heterocycles. The molecule has 0 aromatic heterocycles. The molecule has 0 amide bonds. The Morgan fingerprint density at radius 2 is 2.10 bits per heavy atom. The summed E-state index contributed by atoms with van der Waals surface area (Å²) >= 11 is 1.96. The zero-order valence-corrected chi connectivity index (χ0v) is 13.4. The molecule has 2 aromatic rings. The standard InChI is InChI=1S/C18H21NOS/c1-13-11-14(7-8-17(13)20-2)12-19-16-9-10-21-18-6-4-3-5-15(16)18/h3-8,11,16,19H,9-10,12H2,1-2H3. The van der Waals surface area contributed by atoms with Gasteiger partial charge in [-0.1, -0.05) is 30.3 Å². The Labute approximate surface area is 130 Å². The van der Waals surface area contributed by atoms with E-state index in [2.05, 4.69) is 54.7 Å². The highest BCUT2D eigenvalue weighted by Crippen LogP contribution is 2.35. The number of hydrogen-bond donors (Lipinski definition) is 1. The van der Waals surface area contributed by atoms with Crippen LogP contribution in [0.2, 0.25) is 0 Å². The van der Waals surface area contributed by atoms with Crippen LogP contribution in [0.5, 0.6) is 5.75 Å². The van der Waals surface area contributed by atoms with Crippen molar-refractivity contribution in [3.8, 4) is 5.75 Å². The number of benzene rings is 2. The smallest absolute Gasteiger partial charge is 0.121 e. The van der Waals surface area contributed by atoms with Gasteiger partial charge in [0.2, 0.25) is 0 Å². The maximum absolute atomic E-state index is 5.32. The van der Waals surface area contributed by atoms with E-state index in [0.29, 0.717) is 6.04 Å². The highest BCUT2D eigenvalue weighted by Gasteiger charge is 2.19. The van der Waals surface area contributed by atoms with Gasteiger partial charge in [-0.25, -0.2) is 0 Å². The molecule has 110 valence electrons. The first-order chi connectivity index (χ1) is 10.3. The Morgan fingerprint density at radius 3 is 2.90 bits per heavy atom. The lowest BCUT2D eigenvalue weighted by Crippen LogP contribution is -2.24. The summed E-state index contributed by atoms with van der Waals surface area (Å²) in [7, 11) is 1.72. The summed E-state index contributed by atoms with van der Waals surface area (Å²) in [6.07, 6.45) is 1.19. The monoisotopic (exact) mass is 299 g/mol. The highest BCUT2D eigenvalue weighted by atomic mass is 32.2. The van der Waals surface area contributed by atoms with E-state index >= 15 is 0 Å². The Kier molecular flexibility index (Phi) is 4.51. The van der Waals surface area contributed by atoms with E-state index in [4.69, 9.17) is 4.74 Å². The molecule has 2 nitrogen and oxygen atoms in total. The molecule has 2 aromatic carbocycles. The van der Waals surface area contributed by atoms with Gasteiger partial charge in [-0.2, -0.15) is 0 Å². The molecule has 1 heterocycles. The van der Waals surface area contributed by atoms with E-state index in [1.807, 2.05) is 11.8 Å². The first-order valence-corrected chi connectivity index (χ1v) is 8.35. The molecule has 0 spiro atoms. The van der Waals surface area contributed by atoms with Gasteiger partial charge >= 0.3 is 0 Å². The molecule has 1 aliphatic rings. The largest absolute Gasteiger partial charge is 0.496 e. The maximum atomic E-state index is 5.32. The van der Waals surface area contributed by atoms with Crippen molar-refractivity contribution >= 4 is 11.8 Å². The Balaban J connectivity index is 1.70. The summed E-state index contributed by atoms with van der Waals surface area (Å²) in [5, 5.41) is 3.70. The summed E-state index contributed by atoms with van der Waals surface area (Å²) in [5.74, 6) is 2.15. The van der Waals surface area contributed by atoms with Crippen LogP contribution in [0, 0.1) is 6.92 Å². The number of hydrogen-bond acceptors (Lipinski definition) is 3.